The molecule has 0 unspecified atom stereocenters. The van der Waals surface area contributed by atoms with Crippen LogP contribution in [0.4, 0.5) is 15.0 Å². The minimum Gasteiger partial charge on any atom is -0.444 e. The van der Waals surface area contributed by atoms with Crippen molar-refractivity contribution in [2.75, 3.05) is 18.0 Å². The van der Waals surface area contributed by atoms with Gasteiger partial charge in [-0.3, -0.25) is 4.98 Å². The van der Waals surface area contributed by atoms with Gasteiger partial charge in [0.25, 0.3) is 0 Å². The Bertz CT molecular complexity index is 1020. The molecule has 0 spiro atoms. The summed E-state index contributed by atoms with van der Waals surface area (Å²) in [5, 5.41) is 9.29. The van der Waals surface area contributed by atoms with Gasteiger partial charge in [0.2, 0.25) is 0 Å². The summed E-state index contributed by atoms with van der Waals surface area (Å²) in [6.45, 7) is 6.39. The summed E-state index contributed by atoms with van der Waals surface area (Å²) >= 11 is 6.24. The van der Waals surface area contributed by atoms with Crippen molar-refractivity contribution in [3.63, 3.8) is 0 Å². The predicted molar refractivity (Wildman–Crippen MR) is 102 cm³/mol. The number of ether oxygens (including phenoxy) is 1. The normalized spacial score (nSPS) is 21.3. The molecule has 0 radical (unpaired) electrons. The standard InChI is InChI=1S/C19H19ClFN5O2/c1-19(2,3)28-18(27)26-9-11-4-12(26)8-25(11)17-13(21)5-14-16(24-17)15(20)10(6-22)7-23-14/h5,7,11-12H,4,8-9H2,1-3H3/t11-,12-/m0/s1. The van der Waals surface area contributed by atoms with Crippen LogP contribution < -0.4 is 4.90 Å². The molecule has 4 rings (SSSR count). The number of pyridine rings is 2. The first-order valence-corrected chi connectivity index (χ1v) is 9.37. The predicted octanol–water partition coefficient (Wildman–Crippen LogP) is 3.49. The lowest BCUT2D eigenvalue weighted by atomic mass is 10.2. The molecule has 2 fully saturated rings. The molecular formula is C19H19ClFN5O2. The van der Waals surface area contributed by atoms with E-state index in [0.29, 0.717) is 24.1 Å². The minimum atomic E-state index is -0.563. The van der Waals surface area contributed by atoms with E-state index >= 15 is 0 Å². The zero-order valence-corrected chi connectivity index (χ0v) is 16.5. The minimum absolute atomic E-state index is 0.0529. The van der Waals surface area contributed by atoms with Crippen LogP contribution in [0.15, 0.2) is 12.3 Å². The van der Waals surface area contributed by atoms with Gasteiger partial charge < -0.3 is 14.5 Å². The van der Waals surface area contributed by atoms with Crippen molar-refractivity contribution in [1.82, 2.24) is 14.9 Å². The number of anilines is 1. The molecular weight excluding hydrogens is 385 g/mol. The lowest BCUT2D eigenvalue weighted by Gasteiger charge is -2.35. The van der Waals surface area contributed by atoms with Crippen molar-refractivity contribution in [1.29, 1.82) is 5.26 Å². The fraction of sp³-hybridized carbons (Fsp3) is 0.474. The Morgan fingerprint density at radius 2 is 2.14 bits per heavy atom. The Kier molecular flexibility index (Phi) is 4.31. The fourth-order valence-electron chi connectivity index (χ4n) is 3.80. The summed E-state index contributed by atoms with van der Waals surface area (Å²) in [6.07, 6.45) is 1.68. The van der Waals surface area contributed by atoms with Crippen molar-refractivity contribution >= 4 is 34.5 Å². The van der Waals surface area contributed by atoms with Crippen LogP contribution in [0.5, 0.6) is 0 Å². The molecule has 2 aliphatic heterocycles. The van der Waals surface area contributed by atoms with Crippen molar-refractivity contribution in [3.05, 3.63) is 28.7 Å². The topological polar surface area (TPSA) is 82.4 Å². The summed E-state index contributed by atoms with van der Waals surface area (Å²) < 4.78 is 20.2. The summed E-state index contributed by atoms with van der Waals surface area (Å²) in [5.41, 5.74) is 0.222. The average Bonchev–Trinajstić information content (AvgIpc) is 3.21. The first kappa shape index (κ1) is 18.7. The molecule has 2 atom stereocenters. The first-order valence-electron chi connectivity index (χ1n) is 8.99. The van der Waals surface area contributed by atoms with Gasteiger partial charge in [-0.25, -0.2) is 14.2 Å². The number of carbonyl (C=O) groups excluding carboxylic acids is 1. The van der Waals surface area contributed by atoms with E-state index in [1.165, 1.54) is 12.3 Å². The van der Waals surface area contributed by atoms with Gasteiger partial charge in [0, 0.05) is 25.4 Å². The van der Waals surface area contributed by atoms with E-state index in [0.717, 1.165) is 6.42 Å². The van der Waals surface area contributed by atoms with Crippen molar-refractivity contribution in [2.45, 2.75) is 44.9 Å². The van der Waals surface area contributed by atoms with Crippen LogP contribution in [0.1, 0.15) is 32.8 Å². The number of hydrogen-bond acceptors (Lipinski definition) is 6. The van der Waals surface area contributed by atoms with Crippen molar-refractivity contribution < 1.29 is 13.9 Å². The lowest BCUT2D eigenvalue weighted by molar-refractivity contribution is 0.0214. The maximum atomic E-state index is 14.7. The van der Waals surface area contributed by atoms with Crippen LogP contribution in [-0.2, 0) is 4.74 Å². The molecule has 0 aromatic carbocycles. The second-order valence-electron chi connectivity index (χ2n) is 8.09. The largest absolute Gasteiger partial charge is 0.444 e. The molecule has 4 heterocycles. The van der Waals surface area contributed by atoms with E-state index in [9.17, 15) is 9.18 Å². The van der Waals surface area contributed by atoms with Gasteiger partial charge in [0.1, 0.15) is 17.2 Å². The van der Waals surface area contributed by atoms with E-state index < -0.39 is 11.4 Å². The van der Waals surface area contributed by atoms with Gasteiger partial charge in [-0.05, 0) is 27.2 Å². The van der Waals surface area contributed by atoms with Gasteiger partial charge in [0.15, 0.2) is 11.6 Å². The van der Waals surface area contributed by atoms with Crippen LogP contribution in [0.25, 0.3) is 11.0 Å². The lowest BCUT2D eigenvalue weighted by Crippen LogP contribution is -2.50. The smallest absolute Gasteiger partial charge is 0.410 e. The summed E-state index contributed by atoms with van der Waals surface area (Å²) in [6, 6.07) is 3.12. The number of amides is 1. The molecule has 0 saturated carbocycles. The molecule has 0 N–H and O–H groups in total. The van der Waals surface area contributed by atoms with Gasteiger partial charge >= 0.3 is 6.09 Å². The quantitative estimate of drug-likeness (QED) is 0.724. The number of aromatic nitrogens is 2. The van der Waals surface area contributed by atoms with Crippen molar-refractivity contribution in [2.24, 2.45) is 0 Å². The summed E-state index contributed by atoms with van der Waals surface area (Å²) in [7, 11) is 0. The van der Waals surface area contributed by atoms with Crippen LogP contribution >= 0.6 is 11.6 Å². The van der Waals surface area contributed by atoms with E-state index in [4.69, 9.17) is 21.6 Å². The van der Waals surface area contributed by atoms with E-state index in [2.05, 4.69) is 9.97 Å². The number of nitriles is 1. The zero-order chi connectivity index (χ0) is 20.2. The molecule has 2 aromatic rings. The molecule has 2 aliphatic rings. The molecule has 0 aliphatic carbocycles. The van der Waals surface area contributed by atoms with E-state index in [1.54, 1.807) is 4.90 Å². The highest BCUT2D eigenvalue weighted by atomic mass is 35.5. The SMILES string of the molecule is CC(C)(C)OC(=O)N1C[C@@H]2C[C@H]1CN2c1nc2c(Cl)c(C#N)cnc2cc1F. The van der Waals surface area contributed by atoms with Gasteiger partial charge in [-0.1, -0.05) is 11.6 Å². The van der Waals surface area contributed by atoms with Gasteiger partial charge in [-0.15, -0.1) is 0 Å². The Labute approximate surface area is 166 Å². The molecule has 28 heavy (non-hydrogen) atoms. The average molecular weight is 404 g/mol. The first-order chi connectivity index (χ1) is 13.2. The van der Waals surface area contributed by atoms with Crippen LogP contribution in [0.3, 0.4) is 0 Å². The highest BCUT2D eigenvalue weighted by molar-refractivity contribution is 6.36. The van der Waals surface area contributed by atoms with Crippen LogP contribution in [0, 0.1) is 17.1 Å². The van der Waals surface area contributed by atoms with E-state index in [1.807, 2.05) is 31.7 Å². The number of likely N-dealkylation sites (tertiary alicyclic amines) is 1. The second-order valence-corrected chi connectivity index (χ2v) is 8.47. The summed E-state index contributed by atoms with van der Waals surface area (Å²) in [4.78, 5) is 24.4. The maximum Gasteiger partial charge on any atom is 0.410 e. The van der Waals surface area contributed by atoms with Gasteiger partial charge in [0.05, 0.1) is 28.2 Å². The number of piperazine rings is 1. The highest BCUT2D eigenvalue weighted by Gasteiger charge is 2.47. The number of halogens is 2. The molecule has 7 nitrogen and oxygen atoms in total. The Hall–Kier alpha value is -2.66. The number of carbonyl (C=O) groups is 1. The van der Waals surface area contributed by atoms with E-state index in [-0.39, 0.29) is 34.6 Å². The summed E-state index contributed by atoms with van der Waals surface area (Å²) in [5.74, 6) is -0.334. The molecule has 1 amide bonds. The third-order valence-electron chi connectivity index (χ3n) is 4.98. The zero-order valence-electron chi connectivity index (χ0n) is 15.7. The van der Waals surface area contributed by atoms with Crippen molar-refractivity contribution in [3.8, 4) is 6.07 Å². The Morgan fingerprint density at radius 1 is 1.39 bits per heavy atom. The monoisotopic (exact) mass is 403 g/mol. The molecule has 2 bridgehead atoms. The highest BCUT2D eigenvalue weighted by Crippen LogP contribution is 2.37. The maximum absolute atomic E-state index is 14.7. The molecule has 2 saturated heterocycles. The van der Waals surface area contributed by atoms with Gasteiger partial charge in [-0.2, -0.15) is 5.26 Å². The van der Waals surface area contributed by atoms with Crippen LogP contribution in [0.2, 0.25) is 5.02 Å². The number of hydrogen-bond donors (Lipinski definition) is 0. The molecule has 146 valence electrons. The molecule has 9 heteroatoms. The van der Waals surface area contributed by atoms with Crippen LogP contribution in [-0.4, -0.2) is 51.7 Å². The Balaban J connectivity index is 1.61. The molecule has 2 aromatic heterocycles. The number of rotatable bonds is 1. The Morgan fingerprint density at radius 3 is 2.75 bits per heavy atom. The second kappa shape index (κ2) is 6.45. The fourth-order valence-corrected chi connectivity index (χ4v) is 4.03. The number of fused-ring (bicyclic) bond motifs is 3. The number of nitrogens with zero attached hydrogens (tertiary/aromatic N) is 5. The third-order valence-corrected chi connectivity index (χ3v) is 5.36. The third kappa shape index (κ3) is 3.10.